The second-order valence-corrected chi connectivity index (χ2v) is 5.14. The van der Waals surface area contributed by atoms with E-state index in [1.165, 1.54) is 25.7 Å². The normalized spacial score (nSPS) is 24.0. The summed E-state index contributed by atoms with van der Waals surface area (Å²) >= 11 is 0. The Bertz CT molecular complexity index is 350. The van der Waals surface area contributed by atoms with Crippen molar-refractivity contribution in [2.24, 2.45) is 11.7 Å². The summed E-state index contributed by atoms with van der Waals surface area (Å²) in [6.07, 6.45) is 5.21. The SMILES string of the molecule is CC1CCC(N(C)Cc2noc(CN)n2)CC1.Cl. The smallest absolute Gasteiger partial charge is 0.240 e. The molecule has 1 saturated carbocycles. The third-order valence-corrected chi connectivity index (χ3v) is 3.68. The molecule has 18 heavy (non-hydrogen) atoms. The van der Waals surface area contributed by atoms with Crippen LogP contribution in [0.5, 0.6) is 0 Å². The largest absolute Gasteiger partial charge is 0.338 e. The highest BCUT2D eigenvalue weighted by Crippen LogP contribution is 2.26. The first-order chi connectivity index (χ1) is 8.19. The predicted octanol–water partition coefficient (Wildman–Crippen LogP) is 1.96. The number of nitrogens with zero attached hydrogens (tertiary/aromatic N) is 3. The van der Waals surface area contributed by atoms with E-state index in [0.29, 0.717) is 18.5 Å². The number of aromatic nitrogens is 2. The molecule has 0 unspecified atom stereocenters. The van der Waals surface area contributed by atoms with Crippen LogP contribution in [0, 0.1) is 5.92 Å². The third-order valence-electron chi connectivity index (χ3n) is 3.68. The van der Waals surface area contributed by atoms with Crippen LogP contribution in [-0.2, 0) is 13.1 Å². The Morgan fingerprint density at radius 2 is 2.00 bits per heavy atom. The topological polar surface area (TPSA) is 68.2 Å². The standard InChI is InChI=1S/C12H22N4O.ClH/c1-9-3-5-10(6-4-9)16(2)8-11-14-12(7-13)17-15-11;/h9-10H,3-8,13H2,1-2H3;1H. The van der Waals surface area contributed by atoms with Crippen molar-refractivity contribution in [2.45, 2.75) is 51.7 Å². The van der Waals surface area contributed by atoms with E-state index < -0.39 is 0 Å². The molecule has 0 atom stereocenters. The summed E-state index contributed by atoms with van der Waals surface area (Å²) in [5.74, 6) is 2.14. The predicted molar refractivity (Wildman–Crippen MR) is 72.3 cm³/mol. The Kier molecular flexibility index (Phi) is 6.05. The summed E-state index contributed by atoms with van der Waals surface area (Å²) in [5, 5.41) is 3.93. The monoisotopic (exact) mass is 274 g/mol. The molecule has 0 aromatic carbocycles. The van der Waals surface area contributed by atoms with Gasteiger partial charge in [-0.1, -0.05) is 12.1 Å². The molecule has 1 fully saturated rings. The van der Waals surface area contributed by atoms with Crippen LogP contribution in [0.15, 0.2) is 4.52 Å². The number of nitrogens with two attached hydrogens (primary N) is 1. The summed E-state index contributed by atoms with van der Waals surface area (Å²) in [6, 6.07) is 0.658. The van der Waals surface area contributed by atoms with Crippen LogP contribution >= 0.6 is 12.4 Å². The Morgan fingerprint density at radius 1 is 1.33 bits per heavy atom. The van der Waals surface area contributed by atoms with Gasteiger partial charge in [-0.2, -0.15) is 4.98 Å². The lowest BCUT2D eigenvalue weighted by Crippen LogP contribution is -2.34. The van der Waals surface area contributed by atoms with Crippen LogP contribution in [0.1, 0.15) is 44.3 Å². The molecule has 1 aromatic heterocycles. The van der Waals surface area contributed by atoms with Crippen LogP contribution in [0.2, 0.25) is 0 Å². The first kappa shape index (κ1) is 15.4. The minimum Gasteiger partial charge on any atom is -0.338 e. The molecule has 1 aromatic rings. The van der Waals surface area contributed by atoms with Gasteiger partial charge < -0.3 is 10.3 Å². The van der Waals surface area contributed by atoms with Gasteiger partial charge in [-0.25, -0.2) is 0 Å². The highest BCUT2D eigenvalue weighted by Gasteiger charge is 2.22. The Morgan fingerprint density at radius 3 is 2.56 bits per heavy atom. The molecule has 1 aliphatic rings. The average Bonchev–Trinajstić information content (AvgIpc) is 2.77. The van der Waals surface area contributed by atoms with E-state index >= 15 is 0 Å². The Labute approximate surface area is 115 Å². The second-order valence-electron chi connectivity index (χ2n) is 5.14. The molecular weight excluding hydrogens is 252 g/mol. The van der Waals surface area contributed by atoms with Crippen LogP contribution in [0.3, 0.4) is 0 Å². The maximum Gasteiger partial charge on any atom is 0.240 e. The maximum absolute atomic E-state index is 5.44. The first-order valence-electron chi connectivity index (χ1n) is 6.40. The number of hydrogen-bond donors (Lipinski definition) is 1. The van der Waals surface area contributed by atoms with Crippen molar-refractivity contribution in [1.29, 1.82) is 0 Å². The van der Waals surface area contributed by atoms with Gasteiger partial charge in [0.1, 0.15) is 0 Å². The Balaban J connectivity index is 0.00000162. The van der Waals surface area contributed by atoms with Crippen molar-refractivity contribution in [2.75, 3.05) is 7.05 Å². The van der Waals surface area contributed by atoms with Gasteiger partial charge >= 0.3 is 0 Å². The van der Waals surface area contributed by atoms with Gasteiger partial charge in [0.15, 0.2) is 5.82 Å². The van der Waals surface area contributed by atoms with Crippen molar-refractivity contribution in [3.05, 3.63) is 11.7 Å². The lowest BCUT2D eigenvalue weighted by atomic mass is 9.87. The molecule has 0 amide bonds. The zero-order valence-corrected chi connectivity index (χ0v) is 11.9. The highest BCUT2D eigenvalue weighted by molar-refractivity contribution is 5.85. The fraction of sp³-hybridized carbons (Fsp3) is 0.833. The van der Waals surface area contributed by atoms with E-state index in [4.69, 9.17) is 10.3 Å². The molecule has 0 bridgehead atoms. The molecule has 2 N–H and O–H groups in total. The van der Waals surface area contributed by atoms with Gasteiger partial charge in [0.2, 0.25) is 5.89 Å². The summed E-state index contributed by atoms with van der Waals surface area (Å²) < 4.78 is 5.01. The van der Waals surface area contributed by atoms with Gasteiger partial charge in [0.25, 0.3) is 0 Å². The van der Waals surface area contributed by atoms with E-state index in [9.17, 15) is 0 Å². The summed E-state index contributed by atoms with van der Waals surface area (Å²) in [4.78, 5) is 6.56. The van der Waals surface area contributed by atoms with E-state index in [2.05, 4.69) is 29.0 Å². The molecule has 1 heterocycles. The molecule has 0 spiro atoms. The molecule has 1 aliphatic carbocycles. The maximum atomic E-state index is 5.44. The van der Waals surface area contributed by atoms with Crippen molar-refractivity contribution >= 4 is 12.4 Å². The highest BCUT2D eigenvalue weighted by atomic mass is 35.5. The number of halogens is 1. The summed E-state index contributed by atoms with van der Waals surface area (Å²) in [6.45, 7) is 3.41. The van der Waals surface area contributed by atoms with Gasteiger partial charge in [-0.15, -0.1) is 12.4 Å². The van der Waals surface area contributed by atoms with Gasteiger partial charge in [-0.3, -0.25) is 4.90 Å². The van der Waals surface area contributed by atoms with Gasteiger partial charge in [0.05, 0.1) is 13.1 Å². The van der Waals surface area contributed by atoms with Gasteiger partial charge in [0, 0.05) is 6.04 Å². The quantitative estimate of drug-likeness (QED) is 0.909. The lowest BCUT2D eigenvalue weighted by Gasteiger charge is -2.32. The molecule has 0 radical (unpaired) electrons. The first-order valence-corrected chi connectivity index (χ1v) is 6.40. The zero-order valence-electron chi connectivity index (χ0n) is 11.1. The molecule has 0 saturated heterocycles. The van der Waals surface area contributed by atoms with E-state index in [0.717, 1.165) is 18.3 Å². The van der Waals surface area contributed by atoms with Gasteiger partial charge in [-0.05, 0) is 38.6 Å². The van der Waals surface area contributed by atoms with E-state index in [-0.39, 0.29) is 12.4 Å². The zero-order chi connectivity index (χ0) is 12.3. The number of hydrogen-bond acceptors (Lipinski definition) is 5. The van der Waals surface area contributed by atoms with Crippen molar-refractivity contribution in [3.63, 3.8) is 0 Å². The third kappa shape index (κ3) is 3.93. The van der Waals surface area contributed by atoms with Crippen LogP contribution < -0.4 is 5.73 Å². The molecular formula is C12H23ClN4O. The van der Waals surface area contributed by atoms with Crippen molar-refractivity contribution < 1.29 is 4.52 Å². The van der Waals surface area contributed by atoms with E-state index in [1.54, 1.807) is 0 Å². The lowest BCUT2D eigenvalue weighted by molar-refractivity contribution is 0.159. The van der Waals surface area contributed by atoms with Crippen LogP contribution in [-0.4, -0.2) is 28.1 Å². The fourth-order valence-corrected chi connectivity index (χ4v) is 2.47. The summed E-state index contributed by atoms with van der Waals surface area (Å²) in [7, 11) is 2.14. The molecule has 5 nitrogen and oxygen atoms in total. The molecule has 6 heteroatoms. The van der Waals surface area contributed by atoms with Crippen LogP contribution in [0.25, 0.3) is 0 Å². The minimum atomic E-state index is 0. The molecule has 2 rings (SSSR count). The second kappa shape index (κ2) is 7.07. The Hall–Kier alpha value is -0.650. The number of rotatable bonds is 4. The average molecular weight is 275 g/mol. The van der Waals surface area contributed by atoms with Crippen molar-refractivity contribution in [3.8, 4) is 0 Å². The van der Waals surface area contributed by atoms with Crippen LogP contribution in [0.4, 0.5) is 0 Å². The summed E-state index contributed by atoms with van der Waals surface area (Å²) in [5.41, 5.74) is 5.44. The molecule has 0 aliphatic heterocycles. The van der Waals surface area contributed by atoms with Crippen molar-refractivity contribution in [1.82, 2.24) is 15.0 Å². The molecule has 104 valence electrons. The fourth-order valence-electron chi connectivity index (χ4n) is 2.47. The van der Waals surface area contributed by atoms with E-state index in [1.807, 2.05) is 0 Å². The minimum absolute atomic E-state index is 0.